The molecule has 10 nitrogen and oxygen atoms in total. The summed E-state index contributed by atoms with van der Waals surface area (Å²) in [4.78, 5) is 33.9. The molecule has 1 aliphatic rings. The van der Waals surface area contributed by atoms with Gasteiger partial charge in [0.05, 0.1) is 18.9 Å². The van der Waals surface area contributed by atoms with E-state index in [1.165, 1.54) is 9.52 Å². The second-order valence-corrected chi connectivity index (χ2v) is 7.95. The molecular formula is C25H22N6O4. The first-order valence-electron chi connectivity index (χ1n) is 11.0. The summed E-state index contributed by atoms with van der Waals surface area (Å²) in [5, 5.41) is 10.1. The van der Waals surface area contributed by atoms with Gasteiger partial charge in [-0.05, 0) is 36.2 Å². The van der Waals surface area contributed by atoms with E-state index >= 15 is 0 Å². The number of hydrogen-bond acceptors (Lipinski definition) is 8. The summed E-state index contributed by atoms with van der Waals surface area (Å²) in [5.41, 5.74) is 3.35. The summed E-state index contributed by atoms with van der Waals surface area (Å²) >= 11 is 0. The molecule has 0 aliphatic carbocycles. The van der Waals surface area contributed by atoms with Crippen molar-refractivity contribution >= 4 is 23.4 Å². The van der Waals surface area contributed by atoms with Crippen LogP contribution in [0.15, 0.2) is 72.0 Å². The van der Waals surface area contributed by atoms with Crippen LogP contribution in [0.3, 0.4) is 0 Å². The predicted octanol–water partition coefficient (Wildman–Crippen LogP) is 2.98. The maximum absolute atomic E-state index is 13.1. The number of fused-ring (bicyclic) bond motifs is 1. The maximum atomic E-state index is 13.1. The average Bonchev–Trinajstić information content (AvgIpc) is 3.54. The van der Waals surface area contributed by atoms with E-state index in [4.69, 9.17) is 9.47 Å². The molecule has 10 heteroatoms. The van der Waals surface area contributed by atoms with Gasteiger partial charge in [-0.2, -0.15) is 10.1 Å². The van der Waals surface area contributed by atoms with Gasteiger partial charge in [-0.1, -0.05) is 42.5 Å². The third-order valence-electron chi connectivity index (χ3n) is 5.71. The van der Waals surface area contributed by atoms with E-state index in [9.17, 15) is 9.59 Å². The van der Waals surface area contributed by atoms with Crippen LogP contribution >= 0.6 is 0 Å². The van der Waals surface area contributed by atoms with Crippen molar-refractivity contribution in [3.63, 3.8) is 0 Å². The number of carbonyl (C=O) groups excluding carboxylic acids is 2. The first-order valence-corrected chi connectivity index (χ1v) is 11.0. The molecule has 4 aromatic rings. The highest BCUT2D eigenvalue weighted by Crippen LogP contribution is 2.33. The number of esters is 1. The van der Waals surface area contributed by atoms with Crippen LogP contribution in [0.25, 0.3) is 5.78 Å². The number of aryl methyl sites for hydroxylation is 1. The molecule has 1 atom stereocenters. The minimum absolute atomic E-state index is 0.166. The van der Waals surface area contributed by atoms with Gasteiger partial charge in [-0.15, -0.1) is 5.10 Å². The van der Waals surface area contributed by atoms with Gasteiger partial charge in [0.25, 0.3) is 17.5 Å². The van der Waals surface area contributed by atoms with Gasteiger partial charge >= 0.3 is 5.97 Å². The molecule has 2 aromatic heterocycles. The summed E-state index contributed by atoms with van der Waals surface area (Å²) in [6.07, 6.45) is 2.10. The number of amides is 1. The Balaban J connectivity index is 1.35. The van der Waals surface area contributed by atoms with Crippen molar-refractivity contribution in [3.05, 3.63) is 89.5 Å². The molecule has 1 amide bonds. The number of benzene rings is 2. The fourth-order valence-corrected chi connectivity index (χ4v) is 3.88. The zero-order valence-corrected chi connectivity index (χ0v) is 19.2. The van der Waals surface area contributed by atoms with Crippen molar-refractivity contribution in [2.45, 2.75) is 19.4 Å². The minimum atomic E-state index is -0.810. The molecule has 0 bridgehead atoms. The fourth-order valence-electron chi connectivity index (χ4n) is 3.88. The molecule has 176 valence electrons. The molecule has 1 aliphatic heterocycles. The van der Waals surface area contributed by atoms with E-state index in [1.807, 2.05) is 61.5 Å². The topological polar surface area (TPSA) is 111 Å². The zero-order valence-electron chi connectivity index (χ0n) is 19.2. The molecule has 0 saturated carbocycles. The Kier molecular flexibility index (Phi) is 5.92. The van der Waals surface area contributed by atoms with Crippen molar-refractivity contribution in [1.82, 2.24) is 24.6 Å². The second kappa shape index (κ2) is 9.34. The lowest BCUT2D eigenvalue weighted by Crippen LogP contribution is -2.31. The zero-order chi connectivity index (χ0) is 24.4. The van der Waals surface area contributed by atoms with E-state index in [2.05, 4.69) is 20.2 Å². The minimum Gasteiger partial charge on any atom is -0.497 e. The molecule has 0 spiro atoms. The van der Waals surface area contributed by atoms with Gasteiger partial charge in [-0.25, -0.2) is 19.3 Å². The first-order chi connectivity index (χ1) is 17.0. The highest BCUT2D eigenvalue weighted by atomic mass is 16.5. The number of hydrazone groups is 1. The summed E-state index contributed by atoms with van der Waals surface area (Å²) in [6.45, 7) is 1.32. The van der Waals surface area contributed by atoms with Crippen LogP contribution in [-0.4, -0.2) is 55.9 Å². The lowest BCUT2D eigenvalue weighted by Gasteiger charge is -2.22. The van der Waals surface area contributed by atoms with Gasteiger partial charge in [0, 0.05) is 18.3 Å². The van der Waals surface area contributed by atoms with E-state index in [1.54, 1.807) is 19.4 Å². The first kappa shape index (κ1) is 22.2. The van der Waals surface area contributed by atoms with Crippen LogP contribution in [0.1, 0.15) is 39.9 Å². The predicted molar refractivity (Wildman–Crippen MR) is 126 cm³/mol. The number of hydrogen-bond donors (Lipinski definition) is 0. The van der Waals surface area contributed by atoms with Crippen molar-refractivity contribution in [2.24, 2.45) is 5.10 Å². The largest absolute Gasteiger partial charge is 0.497 e. The van der Waals surface area contributed by atoms with Crippen LogP contribution in [-0.2, 0) is 9.53 Å². The molecule has 0 radical (unpaired) electrons. The molecule has 0 saturated heterocycles. The molecule has 0 unspecified atom stereocenters. The van der Waals surface area contributed by atoms with E-state index in [-0.39, 0.29) is 17.6 Å². The summed E-state index contributed by atoms with van der Waals surface area (Å²) in [6, 6.07) is 18.5. The molecule has 0 N–H and O–H groups in total. The Hall–Kier alpha value is -4.60. The SMILES string of the molecule is COc1ccc([C@@H]2CC(c3ccccc3)=NN2C(=O)COC(=O)c2nc3nccc(C)n3n2)cc1. The monoisotopic (exact) mass is 470 g/mol. The van der Waals surface area contributed by atoms with Crippen molar-refractivity contribution in [1.29, 1.82) is 0 Å². The van der Waals surface area contributed by atoms with Gasteiger partial charge in [-0.3, -0.25) is 4.79 Å². The van der Waals surface area contributed by atoms with Gasteiger partial charge in [0.15, 0.2) is 6.61 Å². The number of methoxy groups -OCH3 is 1. The smallest absolute Gasteiger partial charge is 0.378 e. The van der Waals surface area contributed by atoms with Crippen molar-refractivity contribution < 1.29 is 19.1 Å². The normalized spacial score (nSPS) is 15.2. The van der Waals surface area contributed by atoms with Crippen molar-refractivity contribution in [2.75, 3.05) is 13.7 Å². The van der Waals surface area contributed by atoms with Crippen LogP contribution in [0.5, 0.6) is 5.75 Å². The highest BCUT2D eigenvalue weighted by molar-refractivity contribution is 6.03. The van der Waals surface area contributed by atoms with Crippen LogP contribution in [0, 0.1) is 6.92 Å². The fraction of sp³-hybridized carbons (Fsp3) is 0.200. The third-order valence-corrected chi connectivity index (χ3v) is 5.71. The third kappa shape index (κ3) is 4.45. The van der Waals surface area contributed by atoms with Gasteiger partial charge < -0.3 is 9.47 Å². The highest BCUT2D eigenvalue weighted by Gasteiger charge is 2.34. The lowest BCUT2D eigenvalue weighted by molar-refractivity contribution is -0.136. The standard InChI is InChI=1S/C25H22N6O4/c1-16-12-13-26-25-27-23(29-30(16)25)24(33)35-15-22(32)31-21(18-8-10-19(34-2)11-9-18)14-20(28-31)17-6-4-3-5-7-17/h3-13,21H,14-15H2,1-2H3/t21-/m0/s1. The van der Waals surface area contributed by atoms with Crippen LogP contribution < -0.4 is 4.74 Å². The number of aromatic nitrogens is 4. The van der Waals surface area contributed by atoms with Gasteiger partial charge in [0.1, 0.15) is 5.75 Å². The van der Waals surface area contributed by atoms with E-state index in [0.717, 1.165) is 22.5 Å². The Morgan fingerprint density at radius 2 is 1.83 bits per heavy atom. The molecule has 0 fully saturated rings. The summed E-state index contributed by atoms with van der Waals surface area (Å²) in [7, 11) is 1.60. The van der Waals surface area contributed by atoms with Gasteiger partial charge in [0.2, 0.25) is 0 Å². The molecule has 3 heterocycles. The number of carbonyl (C=O) groups is 2. The molecule has 35 heavy (non-hydrogen) atoms. The second-order valence-electron chi connectivity index (χ2n) is 7.95. The van der Waals surface area contributed by atoms with E-state index in [0.29, 0.717) is 12.2 Å². The summed E-state index contributed by atoms with van der Waals surface area (Å²) < 4.78 is 11.9. The molecular weight excluding hydrogens is 448 g/mol. The average molecular weight is 470 g/mol. The van der Waals surface area contributed by atoms with E-state index < -0.39 is 18.5 Å². The van der Waals surface area contributed by atoms with Crippen molar-refractivity contribution in [3.8, 4) is 5.75 Å². The Morgan fingerprint density at radius 3 is 2.54 bits per heavy atom. The Labute approximate surface area is 200 Å². The number of rotatable bonds is 6. The Morgan fingerprint density at radius 1 is 1.06 bits per heavy atom. The Bertz CT molecular complexity index is 1420. The lowest BCUT2D eigenvalue weighted by atomic mass is 9.98. The summed E-state index contributed by atoms with van der Waals surface area (Å²) in [5.74, 6) is -0.438. The number of nitrogens with zero attached hydrogens (tertiary/aromatic N) is 6. The molecule has 2 aromatic carbocycles. The van der Waals surface area contributed by atoms with Crippen LogP contribution in [0.4, 0.5) is 0 Å². The maximum Gasteiger partial charge on any atom is 0.378 e. The molecule has 5 rings (SSSR count). The number of ether oxygens (including phenoxy) is 2. The quantitative estimate of drug-likeness (QED) is 0.398. The van der Waals surface area contributed by atoms with Crippen LogP contribution in [0.2, 0.25) is 0 Å².